The number of nitrogens with one attached hydrogen (secondary N) is 1. The summed E-state index contributed by atoms with van der Waals surface area (Å²) in [4.78, 5) is 29.1. The van der Waals surface area contributed by atoms with Gasteiger partial charge in [-0.15, -0.1) is 0 Å². The summed E-state index contributed by atoms with van der Waals surface area (Å²) < 4.78 is 13.8. The Kier molecular flexibility index (Phi) is 6.96. The predicted molar refractivity (Wildman–Crippen MR) is 125 cm³/mol. The van der Waals surface area contributed by atoms with Gasteiger partial charge in [-0.2, -0.15) is 0 Å². The summed E-state index contributed by atoms with van der Waals surface area (Å²) in [6, 6.07) is 7.83. The minimum absolute atomic E-state index is 0.0572. The lowest BCUT2D eigenvalue weighted by atomic mass is 10.0. The van der Waals surface area contributed by atoms with E-state index in [1.807, 2.05) is 19.1 Å². The highest BCUT2D eigenvalue weighted by atomic mass is 35.5. The molecule has 170 valence electrons. The van der Waals surface area contributed by atoms with Crippen LogP contribution in [0.4, 0.5) is 10.1 Å². The topological polar surface area (TPSA) is 52.7 Å². The average molecular weight is 499 g/mol. The van der Waals surface area contributed by atoms with Gasteiger partial charge in [0, 0.05) is 49.9 Å². The number of hydrogen-bond acceptors (Lipinski definition) is 3. The van der Waals surface area contributed by atoms with Crippen molar-refractivity contribution >= 4 is 52.3 Å². The Balaban J connectivity index is 1.27. The number of carbonyl (C=O) groups is 2. The predicted octanol–water partition coefficient (Wildman–Crippen LogP) is 5.13. The lowest BCUT2D eigenvalue weighted by molar-refractivity contribution is -0.116. The van der Waals surface area contributed by atoms with Gasteiger partial charge in [0.05, 0.1) is 15.6 Å². The Labute approximate surface area is 201 Å². The van der Waals surface area contributed by atoms with Crippen LogP contribution in [0.3, 0.4) is 0 Å². The van der Waals surface area contributed by atoms with E-state index in [1.54, 1.807) is 11.0 Å². The number of likely N-dealkylation sites (tertiary alicyclic amines) is 2. The molecule has 2 aliphatic heterocycles. The van der Waals surface area contributed by atoms with Crippen LogP contribution in [0, 0.1) is 24.6 Å². The van der Waals surface area contributed by atoms with Crippen molar-refractivity contribution in [1.82, 2.24) is 9.80 Å². The van der Waals surface area contributed by atoms with Crippen LogP contribution >= 0.6 is 34.8 Å². The van der Waals surface area contributed by atoms with Crippen molar-refractivity contribution in [2.45, 2.75) is 13.3 Å². The smallest absolute Gasteiger partial charge is 0.255 e. The normalized spacial score (nSPS) is 20.5. The van der Waals surface area contributed by atoms with Gasteiger partial charge in [-0.3, -0.25) is 9.59 Å². The Hall–Kier alpha value is -1.86. The highest BCUT2D eigenvalue weighted by molar-refractivity contribution is 6.36. The minimum Gasteiger partial charge on any atom is -0.338 e. The van der Waals surface area contributed by atoms with Crippen molar-refractivity contribution in [3.63, 3.8) is 0 Å². The molecule has 2 fully saturated rings. The molecule has 5 nitrogen and oxygen atoms in total. The molecular weight excluding hydrogens is 476 g/mol. The number of nitrogens with zero attached hydrogens (tertiary/aromatic N) is 2. The second-order valence-electron chi connectivity index (χ2n) is 8.50. The lowest BCUT2D eigenvalue weighted by Crippen LogP contribution is -2.34. The lowest BCUT2D eigenvalue weighted by Gasteiger charge is -2.22. The van der Waals surface area contributed by atoms with E-state index in [-0.39, 0.29) is 27.4 Å². The molecule has 0 aliphatic carbocycles. The summed E-state index contributed by atoms with van der Waals surface area (Å²) in [6.07, 6.45) is 0.382. The number of halogens is 4. The fourth-order valence-electron chi connectivity index (χ4n) is 4.45. The van der Waals surface area contributed by atoms with E-state index >= 15 is 0 Å². The SMILES string of the molecule is Cc1ccc(NC(=O)CCN2CC3CN(C(=O)c4cc(F)c(Cl)cc4Cl)CC3C2)cc1Cl. The number of rotatable bonds is 5. The Morgan fingerprint density at radius 2 is 1.69 bits per heavy atom. The first-order chi connectivity index (χ1) is 15.2. The van der Waals surface area contributed by atoms with Gasteiger partial charge in [-0.25, -0.2) is 4.39 Å². The Morgan fingerprint density at radius 1 is 1.00 bits per heavy atom. The summed E-state index contributed by atoms with van der Waals surface area (Å²) >= 11 is 18.0. The molecule has 1 N–H and O–H groups in total. The molecule has 32 heavy (non-hydrogen) atoms. The third-order valence-corrected chi connectivity index (χ3v) is 7.21. The van der Waals surface area contributed by atoms with Crippen LogP contribution in [-0.2, 0) is 4.79 Å². The molecule has 0 bridgehead atoms. The molecule has 2 saturated heterocycles. The van der Waals surface area contributed by atoms with Crippen molar-refractivity contribution < 1.29 is 14.0 Å². The molecule has 2 amide bonds. The van der Waals surface area contributed by atoms with Crippen molar-refractivity contribution in [1.29, 1.82) is 0 Å². The van der Waals surface area contributed by atoms with Crippen LogP contribution < -0.4 is 5.32 Å². The second kappa shape index (κ2) is 9.56. The zero-order valence-electron chi connectivity index (χ0n) is 17.5. The van der Waals surface area contributed by atoms with Crippen molar-refractivity contribution in [2.24, 2.45) is 11.8 Å². The van der Waals surface area contributed by atoms with Crippen LogP contribution in [0.15, 0.2) is 30.3 Å². The molecular formula is C23H23Cl3FN3O2. The van der Waals surface area contributed by atoms with Crippen LogP contribution in [-0.4, -0.2) is 54.3 Å². The molecule has 2 atom stereocenters. The number of benzene rings is 2. The summed E-state index contributed by atoms with van der Waals surface area (Å²) in [5, 5.41) is 3.56. The molecule has 2 aromatic rings. The molecule has 2 unspecified atom stereocenters. The van der Waals surface area contributed by atoms with E-state index in [1.165, 1.54) is 6.07 Å². The Bertz CT molecular complexity index is 1050. The maximum Gasteiger partial charge on any atom is 0.255 e. The van der Waals surface area contributed by atoms with Gasteiger partial charge in [0.2, 0.25) is 5.91 Å². The first kappa shape index (κ1) is 23.3. The minimum atomic E-state index is -0.656. The number of carbonyl (C=O) groups excluding carboxylic acids is 2. The van der Waals surface area contributed by atoms with Crippen molar-refractivity contribution in [2.75, 3.05) is 38.0 Å². The van der Waals surface area contributed by atoms with Gasteiger partial charge in [0.1, 0.15) is 5.82 Å². The van der Waals surface area contributed by atoms with Gasteiger partial charge < -0.3 is 15.1 Å². The molecule has 2 aromatic carbocycles. The molecule has 2 aliphatic rings. The van der Waals surface area contributed by atoms with E-state index in [9.17, 15) is 14.0 Å². The van der Waals surface area contributed by atoms with Crippen molar-refractivity contribution in [3.8, 4) is 0 Å². The van der Waals surface area contributed by atoms with E-state index in [0.29, 0.717) is 48.6 Å². The highest BCUT2D eigenvalue weighted by Crippen LogP contribution is 2.33. The van der Waals surface area contributed by atoms with Crippen LogP contribution in [0.5, 0.6) is 0 Å². The molecule has 4 rings (SSSR count). The quantitative estimate of drug-likeness (QED) is 0.582. The largest absolute Gasteiger partial charge is 0.338 e. The molecule has 0 spiro atoms. The third-order valence-electron chi connectivity index (χ3n) is 6.20. The number of amides is 2. The first-order valence-corrected chi connectivity index (χ1v) is 11.6. The van der Waals surface area contributed by atoms with Gasteiger partial charge in [0.25, 0.3) is 5.91 Å². The van der Waals surface area contributed by atoms with Gasteiger partial charge in [0.15, 0.2) is 0 Å². The summed E-state index contributed by atoms with van der Waals surface area (Å²) in [6.45, 7) is 5.39. The van der Waals surface area contributed by atoms with Crippen LogP contribution in [0.25, 0.3) is 0 Å². The molecule has 0 radical (unpaired) electrons. The zero-order chi connectivity index (χ0) is 23.0. The monoisotopic (exact) mass is 497 g/mol. The number of hydrogen-bond donors (Lipinski definition) is 1. The van der Waals surface area contributed by atoms with Crippen LogP contribution in [0.2, 0.25) is 15.1 Å². The standard InChI is InChI=1S/C23H23Cl3FN3O2/c1-13-2-3-16(6-18(13)24)28-22(31)4-5-29-9-14-11-30(12-15(14)10-29)23(32)17-7-21(27)20(26)8-19(17)25/h2-3,6-8,14-15H,4-5,9-12H2,1H3,(H,28,31). The van der Waals surface area contributed by atoms with Crippen LogP contribution in [0.1, 0.15) is 22.3 Å². The fourth-order valence-corrected chi connectivity index (χ4v) is 5.09. The van der Waals surface area contributed by atoms with E-state index < -0.39 is 5.82 Å². The number of fused-ring (bicyclic) bond motifs is 1. The fraction of sp³-hybridized carbons (Fsp3) is 0.391. The Morgan fingerprint density at radius 3 is 2.34 bits per heavy atom. The summed E-state index contributed by atoms with van der Waals surface area (Å²) in [5.41, 5.74) is 1.79. The second-order valence-corrected chi connectivity index (χ2v) is 9.72. The maximum atomic E-state index is 13.8. The summed E-state index contributed by atoms with van der Waals surface area (Å²) in [5.74, 6) is -0.334. The number of anilines is 1. The molecule has 2 heterocycles. The first-order valence-electron chi connectivity index (χ1n) is 10.4. The van der Waals surface area contributed by atoms with Crippen molar-refractivity contribution in [3.05, 3.63) is 62.3 Å². The van der Waals surface area contributed by atoms with Gasteiger partial charge >= 0.3 is 0 Å². The van der Waals surface area contributed by atoms with E-state index in [0.717, 1.165) is 24.7 Å². The van der Waals surface area contributed by atoms with Gasteiger partial charge in [-0.1, -0.05) is 40.9 Å². The number of aryl methyl sites for hydroxylation is 1. The third kappa shape index (κ3) is 5.04. The average Bonchev–Trinajstić information content (AvgIpc) is 3.30. The maximum absolute atomic E-state index is 13.8. The highest BCUT2D eigenvalue weighted by Gasteiger charge is 2.41. The molecule has 9 heteroatoms. The molecule has 0 saturated carbocycles. The summed E-state index contributed by atoms with van der Waals surface area (Å²) in [7, 11) is 0. The molecule has 0 aromatic heterocycles. The zero-order valence-corrected chi connectivity index (χ0v) is 19.8. The van der Waals surface area contributed by atoms with E-state index in [4.69, 9.17) is 34.8 Å². The van der Waals surface area contributed by atoms with E-state index in [2.05, 4.69) is 10.2 Å². The van der Waals surface area contributed by atoms with Gasteiger partial charge in [-0.05, 0) is 48.6 Å².